The van der Waals surface area contributed by atoms with Gasteiger partial charge in [-0.25, -0.2) is 4.79 Å². The van der Waals surface area contributed by atoms with Crippen LogP contribution in [0.5, 0.6) is 0 Å². The molecule has 0 radical (unpaired) electrons. The van der Waals surface area contributed by atoms with Crippen molar-refractivity contribution in [3.63, 3.8) is 0 Å². The summed E-state index contributed by atoms with van der Waals surface area (Å²) in [5, 5.41) is 0. The second kappa shape index (κ2) is 7.50. The standard InChI is InChI=1S/C8H15NO2.C7H5F3N2O/c1-8(2,3)11-7(10)9-5-4-6-9;8-7(9,10)5-4(6(11)13)2-1-3-12-5/h4-6H2,1-3H3;1-3H,(H2,11,13). The fourth-order valence-corrected chi connectivity index (χ4v) is 1.66. The minimum absolute atomic E-state index is 0.177. The third kappa shape index (κ3) is 6.05. The Kier molecular flexibility index (Phi) is 6.16. The number of carbonyl (C=O) groups is 2. The fraction of sp³-hybridized carbons (Fsp3) is 0.533. The summed E-state index contributed by atoms with van der Waals surface area (Å²) < 4.78 is 41.5. The van der Waals surface area contributed by atoms with Crippen LogP contribution in [0.1, 0.15) is 43.2 Å². The highest BCUT2D eigenvalue weighted by Crippen LogP contribution is 2.29. The Balaban J connectivity index is 0.000000243. The van der Waals surface area contributed by atoms with Gasteiger partial charge in [0.05, 0.1) is 5.56 Å². The third-order valence-electron chi connectivity index (χ3n) is 2.85. The number of alkyl halides is 3. The molecule has 0 aliphatic carbocycles. The molecular weight excluding hydrogens is 327 g/mol. The average molecular weight is 347 g/mol. The van der Waals surface area contributed by atoms with Crippen LogP contribution < -0.4 is 5.73 Å². The van der Waals surface area contributed by atoms with Crippen molar-refractivity contribution in [1.29, 1.82) is 0 Å². The van der Waals surface area contributed by atoms with Gasteiger partial charge in [0.2, 0.25) is 0 Å². The number of likely N-dealkylation sites (tertiary alicyclic amines) is 1. The van der Waals surface area contributed by atoms with Crippen molar-refractivity contribution in [2.24, 2.45) is 5.73 Å². The van der Waals surface area contributed by atoms with Crippen LogP contribution in [0.4, 0.5) is 18.0 Å². The minimum Gasteiger partial charge on any atom is -0.444 e. The lowest BCUT2D eigenvalue weighted by Gasteiger charge is -2.32. The highest BCUT2D eigenvalue weighted by Gasteiger charge is 2.36. The van der Waals surface area contributed by atoms with Crippen LogP contribution in [0.15, 0.2) is 18.3 Å². The summed E-state index contributed by atoms with van der Waals surface area (Å²) in [4.78, 5) is 26.5. The van der Waals surface area contributed by atoms with Crippen molar-refractivity contribution in [3.05, 3.63) is 29.6 Å². The minimum atomic E-state index is -4.65. The number of nitrogens with two attached hydrogens (primary N) is 1. The Labute approximate surface area is 137 Å². The molecule has 1 aromatic heterocycles. The first-order chi connectivity index (χ1) is 10.9. The molecule has 2 rings (SSSR count). The molecule has 1 aromatic rings. The van der Waals surface area contributed by atoms with Crippen molar-refractivity contribution in [1.82, 2.24) is 9.88 Å². The number of primary amides is 1. The topological polar surface area (TPSA) is 85.5 Å². The van der Waals surface area contributed by atoms with Gasteiger partial charge in [0, 0.05) is 19.3 Å². The third-order valence-corrected chi connectivity index (χ3v) is 2.85. The lowest BCUT2D eigenvalue weighted by molar-refractivity contribution is -0.141. The molecule has 2 amide bonds. The number of pyridine rings is 1. The van der Waals surface area contributed by atoms with Crippen molar-refractivity contribution >= 4 is 12.0 Å². The summed E-state index contributed by atoms with van der Waals surface area (Å²) in [5.74, 6) is -1.14. The monoisotopic (exact) mass is 347 g/mol. The molecule has 134 valence electrons. The Morgan fingerprint density at radius 1 is 1.25 bits per heavy atom. The van der Waals surface area contributed by atoms with E-state index >= 15 is 0 Å². The van der Waals surface area contributed by atoms with Crippen LogP contribution in [0, 0.1) is 0 Å². The maximum absolute atomic E-state index is 12.1. The molecule has 6 nitrogen and oxygen atoms in total. The zero-order valence-electron chi connectivity index (χ0n) is 13.7. The molecule has 0 saturated carbocycles. The lowest BCUT2D eigenvalue weighted by atomic mass is 10.2. The van der Waals surface area contributed by atoms with Crippen molar-refractivity contribution in [2.45, 2.75) is 39.0 Å². The maximum atomic E-state index is 12.1. The quantitative estimate of drug-likeness (QED) is 0.846. The normalized spacial score (nSPS) is 14.2. The molecule has 1 fully saturated rings. The first-order valence-corrected chi connectivity index (χ1v) is 7.22. The van der Waals surface area contributed by atoms with E-state index in [1.165, 1.54) is 6.07 Å². The fourth-order valence-electron chi connectivity index (χ4n) is 1.66. The Morgan fingerprint density at radius 2 is 1.83 bits per heavy atom. The maximum Gasteiger partial charge on any atom is 0.434 e. The van der Waals surface area contributed by atoms with E-state index in [0.717, 1.165) is 31.8 Å². The van der Waals surface area contributed by atoms with E-state index in [2.05, 4.69) is 4.98 Å². The molecule has 2 heterocycles. The zero-order valence-corrected chi connectivity index (χ0v) is 13.7. The second-order valence-corrected chi connectivity index (χ2v) is 6.08. The van der Waals surface area contributed by atoms with E-state index in [9.17, 15) is 22.8 Å². The largest absolute Gasteiger partial charge is 0.444 e. The van der Waals surface area contributed by atoms with E-state index in [0.29, 0.717) is 0 Å². The second-order valence-electron chi connectivity index (χ2n) is 6.08. The number of halogens is 3. The average Bonchev–Trinajstić information content (AvgIpc) is 2.34. The zero-order chi connectivity index (χ0) is 18.5. The summed E-state index contributed by atoms with van der Waals surface area (Å²) in [6, 6.07) is 2.20. The molecule has 0 atom stereocenters. The molecule has 0 aromatic carbocycles. The smallest absolute Gasteiger partial charge is 0.434 e. The van der Waals surface area contributed by atoms with Gasteiger partial charge in [-0.3, -0.25) is 9.78 Å². The summed E-state index contributed by atoms with van der Waals surface area (Å²) in [5.41, 5.74) is 2.51. The summed E-state index contributed by atoms with van der Waals surface area (Å²) in [6.45, 7) is 7.35. The van der Waals surface area contributed by atoms with Gasteiger partial charge in [-0.05, 0) is 39.3 Å². The lowest BCUT2D eigenvalue weighted by Crippen LogP contribution is -2.44. The van der Waals surface area contributed by atoms with Crippen molar-refractivity contribution in [3.8, 4) is 0 Å². The van der Waals surface area contributed by atoms with E-state index in [-0.39, 0.29) is 11.7 Å². The Morgan fingerprint density at radius 3 is 2.17 bits per heavy atom. The molecule has 0 spiro atoms. The van der Waals surface area contributed by atoms with Crippen LogP contribution in [-0.4, -0.2) is 40.6 Å². The summed E-state index contributed by atoms with van der Waals surface area (Å²) in [7, 11) is 0. The van der Waals surface area contributed by atoms with Gasteiger partial charge >= 0.3 is 12.3 Å². The van der Waals surface area contributed by atoms with Crippen molar-refractivity contribution in [2.75, 3.05) is 13.1 Å². The van der Waals surface area contributed by atoms with Gasteiger partial charge < -0.3 is 15.4 Å². The molecule has 24 heavy (non-hydrogen) atoms. The van der Waals surface area contributed by atoms with Crippen LogP contribution in [0.3, 0.4) is 0 Å². The predicted octanol–water partition coefficient (Wildman–Crippen LogP) is 2.83. The van der Waals surface area contributed by atoms with Crippen LogP contribution in [0.25, 0.3) is 0 Å². The van der Waals surface area contributed by atoms with Gasteiger partial charge in [0.15, 0.2) is 5.69 Å². The first-order valence-electron chi connectivity index (χ1n) is 7.22. The molecular formula is C15H20F3N3O3. The molecule has 2 N–H and O–H groups in total. The number of carbonyl (C=O) groups excluding carboxylic acids is 2. The molecule has 1 aliphatic rings. The van der Waals surface area contributed by atoms with Gasteiger partial charge in [0.25, 0.3) is 5.91 Å². The van der Waals surface area contributed by atoms with Crippen LogP contribution >= 0.6 is 0 Å². The first kappa shape index (κ1) is 19.7. The van der Waals surface area contributed by atoms with Crippen LogP contribution in [-0.2, 0) is 10.9 Å². The van der Waals surface area contributed by atoms with E-state index in [1.54, 1.807) is 4.90 Å². The Bertz CT molecular complexity index is 594. The number of rotatable bonds is 1. The van der Waals surface area contributed by atoms with Gasteiger partial charge in [-0.1, -0.05) is 0 Å². The number of amides is 2. The molecule has 0 bridgehead atoms. The van der Waals surface area contributed by atoms with E-state index in [4.69, 9.17) is 10.5 Å². The summed E-state index contributed by atoms with van der Waals surface area (Å²) in [6.07, 6.45) is -2.76. The SMILES string of the molecule is CC(C)(C)OC(=O)N1CCC1.NC(=O)c1cccnc1C(F)(F)F. The number of nitrogens with zero attached hydrogens (tertiary/aromatic N) is 2. The van der Waals surface area contributed by atoms with E-state index in [1.807, 2.05) is 20.8 Å². The number of aromatic nitrogens is 1. The number of hydrogen-bond acceptors (Lipinski definition) is 4. The summed E-state index contributed by atoms with van der Waals surface area (Å²) >= 11 is 0. The number of ether oxygens (including phenoxy) is 1. The van der Waals surface area contributed by atoms with Gasteiger partial charge in [-0.2, -0.15) is 13.2 Å². The highest BCUT2D eigenvalue weighted by atomic mass is 19.4. The van der Waals surface area contributed by atoms with Gasteiger partial charge in [-0.15, -0.1) is 0 Å². The molecule has 0 unspecified atom stereocenters. The van der Waals surface area contributed by atoms with Gasteiger partial charge in [0.1, 0.15) is 5.60 Å². The molecule has 1 saturated heterocycles. The highest BCUT2D eigenvalue weighted by molar-refractivity contribution is 5.93. The van der Waals surface area contributed by atoms with E-state index < -0.39 is 23.3 Å². The van der Waals surface area contributed by atoms with Crippen molar-refractivity contribution < 1.29 is 27.5 Å². The van der Waals surface area contributed by atoms with Crippen LogP contribution in [0.2, 0.25) is 0 Å². The number of hydrogen-bond donors (Lipinski definition) is 1. The molecule has 9 heteroatoms. The predicted molar refractivity (Wildman–Crippen MR) is 80.2 cm³/mol. The molecule has 1 aliphatic heterocycles. The Hall–Kier alpha value is -2.32.